The first kappa shape index (κ1) is 15.2. The molecule has 0 N–H and O–H groups in total. The van der Waals surface area contributed by atoms with Crippen molar-refractivity contribution in [2.45, 2.75) is 19.9 Å². The average molecular weight is 236 g/mol. The van der Waals surface area contributed by atoms with E-state index in [1.54, 1.807) is 0 Å². The maximum absolute atomic E-state index is 5.60. The first-order chi connectivity index (χ1) is 6.95. The van der Waals surface area contributed by atoms with Crippen LogP contribution in [-0.4, -0.2) is 68.2 Å². The molecule has 0 amide bonds. The molecule has 0 rings (SSSR count). The molecule has 3 nitrogen and oxygen atoms in total. The molecule has 0 saturated heterocycles. The highest BCUT2D eigenvalue weighted by Gasteiger charge is 2.03. The minimum atomic E-state index is 0.0376. The molecule has 0 unspecified atom stereocenters. The first-order valence-electron chi connectivity index (χ1n) is 5.61. The lowest BCUT2D eigenvalue weighted by molar-refractivity contribution is 0.0989. The van der Waals surface area contributed by atoms with Gasteiger partial charge >= 0.3 is 0 Å². The van der Waals surface area contributed by atoms with E-state index in [-0.39, 0.29) is 11.1 Å². The number of hydrogen-bond donors (Lipinski definition) is 1. The maximum Gasteiger partial charge on any atom is 0.0602 e. The zero-order valence-electron chi connectivity index (χ0n) is 11.2. The summed E-state index contributed by atoms with van der Waals surface area (Å²) in [4.78, 5) is 2.30. The molecule has 0 aromatic rings. The van der Waals surface area contributed by atoms with Gasteiger partial charge in [-0.1, -0.05) is 0 Å². The van der Waals surface area contributed by atoms with Crippen LogP contribution in [0.4, 0.5) is 0 Å². The summed E-state index contributed by atoms with van der Waals surface area (Å²) in [5.41, 5.74) is 0. The molecule has 0 aromatic heterocycles. The van der Waals surface area contributed by atoms with Crippen LogP contribution in [0.2, 0.25) is 0 Å². The van der Waals surface area contributed by atoms with Gasteiger partial charge in [0.15, 0.2) is 0 Å². The van der Waals surface area contributed by atoms with Gasteiger partial charge in [-0.15, -0.1) is 0 Å². The summed E-state index contributed by atoms with van der Waals surface area (Å²) < 4.78 is 7.96. The van der Waals surface area contributed by atoms with Crippen LogP contribution in [0, 0.1) is 0 Å². The molecule has 0 aliphatic heterocycles. The van der Waals surface area contributed by atoms with Gasteiger partial charge in [-0.2, -0.15) is 0 Å². The minimum absolute atomic E-state index is 0.0376. The van der Waals surface area contributed by atoms with Crippen LogP contribution in [0.1, 0.15) is 13.8 Å². The highest BCUT2D eigenvalue weighted by molar-refractivity contribution is 8.13. The number of likely N-dealkylation sites (N-methyl/N-ethyl adjacent to an activating group) is 2. The molecular formula is C11H28N2OS. The molecule has 0 atom stereocenters. The third kappa shape index (κ3) is 8.08. The summed E-state index contributed by atoms with van der Waals surface area (Å²) in [6.45, 7) is 8.17. The molecule has 0 aliphatic rings. The summed E-state index contributed by atoms with van der Waals surface area (Å²) in [6.07, 6.45) is 4.53. The molecule has 94 valence electrons. The van der Waals surface area contributed by atoms with Crippen molar-refractivity contribution in [3.8, 4) is 0 Å². The van der Waals surface area contributed by atoms with Crippen LogP contribution >= 0.6 is 11.1 Å². The molecule has 0 saturated carbocycles. The van der Waals surface area contributed by atoms with Crippen molar-refractivity contribution in [2.75, 3.05) is 52.9 Å². The highest BCUT2D eigenvalue weighted by Crippen LogP contribution is 2.16. The smallest absolute Gasteiger partial charge is 0.0602 e. The van der Waals surface area contributed by atoms with Crippen LogP contribution in [0.15, 0.2) is 0 Å². The second-order valence-electron chi connectivity index (χ2n) is 4.42. The van der Waals surface area contributed by atoms with E-state index in [2.05, 4.69) is 49.7 Å². The number of ether oxygens (including phenoxy) is 1. The van der Waals surface area contributed by atoms with E-state index in [0.29, 0.717) is 6.04 Å². The second kappa shape index (κ2) is 8.39. The van der Waals surface area contributed by atoms with Gasteiger partial charge < -0.3 is 9.64 Å². The van der Waals surface area contributed by atoms with Gasteiger partial charge in [-0.25, -0.2) is 11.1 Å². The largest absolute Gasteiger partial charge is 0.379 e. The van der Waals surface area contributed by atoms with Crippen molar-refractivity contribution in [3.63, 3.8) is 0 Å². The van der Waals surface area contributed by atoms with Crippen molar-refractivity contribution in [1.82, 2.24) is 9.21 Å². The van der Waals surface area contributed by atoms with Crippen molar-refractivity contribution in [3.05, 3.63) is 0 Å². The van der Waals surface area contributed by atoms with Gasteiger partial charge in [-0.3, -0.25) is 4.31 Å². The predicted molar refractivity (Wildman–Crippen MR) is 72.0 cm³/mol. The number of thiol groups is 1. The quantitative estimate of drug-likeness (QED) is 0.507. The fourth-order valence-corrected chi connectivity index (χ4v) is 1.45. The lowest BCUT2D eigenvalue weighted by Crippen LogP contribution is -2.30. The fourth-order valence-electron chi connectivity index (χ4n) is 0.965. The predicted octanol–water partition coefficient (Wildman–Crippen LogP) is 1.45. The van der Waals surface area contributed by atoms with Crippen molar-refractivity contribution in [2.24, 2.45) is 0 Å². The Balaban J connectivity index is 3.32. The summed E-state index contributed by atoms with van der Waals surface area (Å²) in [7, 11) is 4.30. The summed E-state index contributed by atoms with van der Waals surface area (Å²) >= 11 is 0.0376. The van der Waals surface area contributed by atoms with Crippen LogP contribution in [0.3, 0.4) is 0 Å². The third-order valence-corrected chi connectivity index (χ3v) is 4.28. The van der Waals surface area contributed by atoms with E-state index >= 15 is 0 Å². The van der Waals surface area contributed by atoms with Gasteiger partial charge in [0, 0.05) is 19.1 Å². The number of hydrogen-bond acceptors (Lipinski definition) is 3. The Hall–Kier alpha value is 0.230. The Morgan fingerprint density at radius 1 is 1.07 bits per heavy atom. The summed E-state index contributed by atoms with van der Waals surface area (Å²) in [6, 6.07) is 0.607. The topological polar surface area (TPSA) is 15.7 Å². The molecule has 0 fully saturated rings. The third-order valence-electron chi connectivity index (χ3n) is 2.71. The molecule has 0 aliphatic carbocycles. The SMILES string of the molecule is CC(C)N(C)CCOCCN(C)[SH](C)C. The van der Waals surface area contributed by atoms with Gasteiger partial charge in [0.25, 0.3) is 0 Å². The average Bonchev–Trinajstić information content (AvgIpc) is 2.16. The van der Waals surface area contributed by atoms with E-state index in [0.717, 1.165) is 26.3 Å². The standard InChI is InChI=1S/C11H28N2OS/c1-11(2)12(3)7-9-14-10-8-13(4)15(5)6/h11,15H,7-10H2,1-6H3. The van der Waals surface area contributed by atoms with E-state index in [1.807, 2.05) is 0 Å². The van der Waals surface area contributed by atoms with Gasteiger partial charge in [0.1, 0.15) is 0 Å². The lowest BCUT2D eigenvalue weighted by Gasteiger charge is -2.24. The van der Waals surface area contributed by atoms with Crippen molar-refractivity contribution in [1.29, 1.82) is 0 Å². The Labute approximate surface area is 98.2 Å². The number of rotatable bonds is 8. The Morgan fingerprint density at radius 2 is 1.60 bits per heavy atom. The Bertz CT molecular complexity index is 138. The Kier molecular flexibility index (Phi) is 8.52. The zero-order valence-corrected chi connectivity index (χ0v) is 12.1. The molecule has 0 bridgehead atoms. The van der Waals surface area contributed by atoms with E-state index < -0.39 is 0 Å². The van der Waals surface area contributed by atoms with Crippen LogP contribution in [0.25, 0.3) is 0 Å². The van der Waals surface area contributed by atoms with Gasteiger partial charge in [-0.05, 0) is 40.5 Å². The second-order valence-corrected chi connectivity index (χ2v) is 6.79. The molecule has 0 spiro atoms. The summed E-state index contributed by atoms with van der Waals surface area (Å²) in [5, 5.41) is 0. The molecule has 15 heavy (non-hydrogen) atoms. The Morgan fingerprint density at radius 3 is 2.07 bits per heavy atom. The molecule has 0 heterocycles. The lowest BCUT2D eigenvalue weighted by atomic mass is 10.3. The fraction of sp³-hybridized carbons (Fsp3) is 1.00. The highest BCUT2D eigenvalue weighted by atomic mass is 32.2. The monoisotopic (exact) mass is 236 g/mol. The van der Waals surface area contributed by atoms with E-state index in [4.69, 9.17) is 4.74 Å². The normalized spacial score (nSPS) is 13.0. The molecule has 0 aromatic carbocycles. The summed E-state index contributed by atoms with van der Waals surface area (Å²) in [5.74, 6) is 0. The molecular weight excluding hydrogens is 208 g/mol. The molecule has 4 heteroatoms. The van der Waals surface area contributed by atoms with Gasteiger partial charge in [0.2, 0.25) is 0 Å². The van der Waals surface area contributed by atoms with E-state index in [1.165, 1.54) is 0 Å². The van der Waals surface area contributed by atoms with Gasteiger partial charge in [0.05, 0.1) is 13.2 Å². The minimum Gasteiger partial charge on any atom is -0.379 e. The van der Waals surface area contributed by atoms with Crippen molar-refractivity contribution >= 4 is 11.1 Å². The van der Waals surface area contributed by atoms with Crippen LogP contribution in [-0.2, 0) is 4.74 Å². The van der Waals surface area contributed by atoms with Crippen LogP contribution < -0.4 is 0 Å². The zero-order chi connectivity index (χ0) is 11.8. The number of nitrogens with zero attached hydrogens (tertiary/aromatic N) is 2. The van der Waals surface area contributed by atoms with E-state index in [9.17, 15) is 0 Å². The maximum atomic E-state index is 5.60. The first-order valence-corrected chi connectivity index (χ1v) is 7.80. The van der Waals surface area contributed by atoms with Crippen LogP contribution in [0.5, 0.6) is 0 Å². The van der Waals surface area contributed by atoms with Crippen molar-refractivity contribution < 1.29 is 4.74 Å². The molecule has 0 radical (unpaired) electrons.